The van der Waals surface area contributed by atoms with Gasteiger partial charge >= 0.3 is 0 Å². The minimum Gasteiger partial charge on any atom is -0.496 e. The number of rotatable bonds is 7. The average molecular weight is 412 g/mol. The number of anilines is 1. The Kier molecular flexibility index (Phi) is 6.33. The van der Waals surface area contributed by atoms with Gasteiger partial charge in [-0.15, -0.1) is 11.8 Å². The van der Waals surface area contributed by atoms with E-state index >= 15 is 0 Å². The molecular formula is C23H25NO4S. The number of carbonyl (C=O) groups excluding carboxylic acids is 2. The number of hydrogen-bond acceptors (Lipinski definition) is 5. The van der Waals surface area contributed by atoms with Crippen LogP contribution in [0.4, 0.5) is 5.69 Å². The molecule has 6 heteroatoms. The number of ether oxygens (including phenoxy) is 2. The summed E-state index contributed by atoms with van der Waals surface area (Å²) in [6, 6.07) is 14.4. The van der Waals surface area contributed by atoms with Gasteiger partial charge in [-0.25, -0.2) is 4.90 Å². The maximum atomic E-state index is 13.5. The van der Waals surface area contributed by atoms with Crippen LogP contribution in [0.1, 0.15) is 33.3 Å². The first-order valence-electron chi connectivity index (χ1n) is 9.54. The highest BCUT2D eigenvalue weighted by Crippen LogP contribution is 2.44. The molecule has 0 radical (unpaired) electrons. The average Bonchev–Trinajstić information content (AvgIpc) is 2.91. The molecule has 0 saturated carbocycles. The van der Waals surface area contributed by atoms with E-state index in [0.717, 1.165) is 0 Å². The summed E-state index contributed by atoms with van der Waals surface area (Å²) in [6.45, 7) is 7.80. The number of carbonyl (C=O) groups is 2. The van der Waals surface area contributed by atoms with E-state index in [0.29, 0.717) is 33.2 Å². The second kappa shape index (κ2) is 8.74. The zero-order valence-electron chi connectivity index (χ0n) is 17.3. The molecule has 1 heterocycles. The molecule has 0 spiro atoms. The van der Waals surface area contributed by atoms with Gasteiger partial charge in [0.2, 0.25) is 0 Å². The number of para-hydroxylation sites is 3. The minimum atomic E-state index is -0.373. The third kappa shape index (κ3) is 4.17. The summed E-state index contributed by atoms with van der Waals surface area (Å²) >= 11 is 1.39. The fourth-order valence-corrected chi connectivity index (χ4v) is 4.14. The third-order valence-electron chi connectivity index (χ3n) is 4.24. The molecule has 0 N–H and O–H groups in total. The van der Waals surface area contributed by atoms with Gasteiger partial charge in [-0.2, -0.15) is 0 Å². The van der Waals surface area contributed by atoms with Crippen LogP contribution in [0.25, 0.3) is 5.57 Å². The number of methoxy groups -OCH3 is 1. The summed E-state index contributed by atoms with van der Waals surface area (Å²) in [7, 11) is 1.56. The molecular weight excluding hydrogens is 386 g/mol. The Morgan fingerprint density at radius 1 is 0.862 bits per heavy atom. The number of benzene rings is 2. The van der Waals surface area contributed by atoms with Crippen LogP contribution < -0.4 is 14.4 Å². The standard InChI is InChI=1S/C23H25NO4S/c1-14(2)28-19-13-9-7-11-17(19)24-22(25)20(21(23(24)26)29-15(3)4)16-10-6-8-12-18(16)27-5/h6-15H,1-5H3. The molecule has 5 nitrogen and oxygen atoms in total. The van der Waals surface area contributed by atoms with Crippen molar-refractivity contribution in [1.29, 1.82) is 0 Å². The Bertz CT molecular complexity index is 965. The lowest BCUT2D eigenvalue weighted by Crippen LogP contribution is -2.32. The summed E-state index contributed by atoms with van der Waals surface area (Å²) in [5.41, 5.74) is 1.43. The molecule has 1 aliphatic rings. The van der Waals surface area contributed by atoms with E-state index in [9.17, 15) is 9.59 Å². The number of hydrogen-bond donors (Lipinski definition) is 0. The lowest BCUT2D eigenvalue weighted by atomic mass is 10.0. The van der Waals surface area contributed by atoms with Gasteiger partial charge in [0.05, 0.1) is 29.4 Å². The summed E-state index contributed by atoms with van der Waals surface area (Å²) in [5.74, 6) is 0.343. The van der Waals surface area contributed by atoms with E-state index in [4.69, 9.17) is 9.47 Å². The Morgan fingerprint density at radius 3 is 2.10 bits per heavy atom. The van der Waals surface area contributed by atoms with Crippen LogP contribution in [0.2, 0.25) is 0 Å². The molecule has 1 aliphatic heterocycles. The first-order chi connectivity index (χ1) is 13.8. The molecule has 29 heavy (non-hydrogen) atoms. The van der Waals surface area contributed by atoms with Crippen LogP contribution in [0.5, 0.6) is 11.5 Å². The Labute approximate surface area is 175 Å². The van der Waals surface area contributed by atoms with E-state index in [1.165, 1.54) is 16.7 Å². The third-order valence-corrected chi connectivity index (χ3v) is 5.33. The van der Waals surface area contributed by atoms with Gasteiger partial charge in [0.15, 0.2) is 0 Å². The molecule has 0 aliphatic carbocycles. The van der Waals surface area contributed by atoms with Crippen molar-refractivity contribution in [3.05, 3.63) is 59.0 Å². The van der Waals surface area contributed by atoms with E-state index in [-0.39, 0.29) is 23.2 Å². The lowest BCUT2D eigenvalue weighted by molar-refractivity contribution is -0.119. The summed E-state index contributed by atoms with van der Waals surface area (Å²) in [5, 5.41) is 0.133. The first-order valence-corrected chi connectivity index (χ1v) is 10.4. The SMILES string of the molecule is COc1ccccc1C1=C(SC(C)C)C(=O)N(c2ccccc2OC(C)C)C1=O. The molecule has 0 fully saturated rings. The Balaban J connectivity index is 2.15. The maximum Gasteiger partial charge on any atom is 0.272 e. The van der Waals surface area contributed by atoms with Crippen LogP contribution in [0, 0.1) is 0 Å². The highest BCUT2D eigenvalue weighted by molar-refractivity contribution is 8.04. The van der Waals surface area contributed by atoms with Gasteiger partial charge in [-0.05, 0) is 32.0 Å². The predicted octanol–water partition coefficient (Wildman–Crippen LogP) is 4.91. The predicted molar refractivity (Wildman–Crippen MR) is 117 cm³/mol. The van der Waals surface area contributed by atoms with E-state index in [2.05, 4.69) is 0 Å². The highest BCUT2D eigenvalue weighted by Gasteiger charge is 2.42. The molecule has 0 unspecified atom stereocenters. The molecule has 0 bridgehead atoms. The van der Waals surface area contributed by atoms with E-state index in [1.54, 1.807) is 37.4 Å². The van der Waals surface area contributed by atoms with E-state index < -0.39 is 0 Å². The van der Waals surface area contributed by atoms with Crippen molar-refractivity contribution in [3.63, 3.8) is 0 Å². The van der Waals surface area contributed by atoms with Crippen molar-refractivity contribution in [2.45, 2.75) is 39.0 Å². The van der Waals surface area contributed by atoms with Crippen LogP contribution in [0.3, 0.4) is 0 Å². The van der Waals surface area contributed by atoms with Gasteiger partial charge in [-0.3, -0.25) is 9.59 Å². The van der Waals surface area contributed by atoms with Gasteiger partial charge < -0.3 is 9.47 Å². The smallest absolute Gasteiger partial charge is 0.272 e. The van der Waals surface area contributed by atoms with Crippen molar-refractivity contribution >= 4 is 34.8 Å². The van der Waals surface area contributed by atoms with Crippen molar-refractivity contribution in [2.75, 3.05) is 12.0 Å². The topological polar surface area (TPSA) is 55.8 Å². The second-order valence-electron chi connectivity index (χ2n) is 7.15. The van der Waals surface area contributed by atoms with Gasteiger partial charge in [-0.1, -0.05) is 44.2 Å². The maximum absolute atomic E-state index is 13.5. The van der Waals surface area contributed by atoms with Crippen LogP contribution in [-0.2, 0) is 9.59 Å². The normalized spacial score (nSPS) is 14.4. The van der Waals surface area contributed by atoms with Crippen LogP contribution in [0.15, 0.2) is 53.4 Å². The molecule has 2 amide bonds. The van der Waals surface area contributed by atoms with Crippen molar-refractivity contribution in [3.8, 4) is 11.5 Å². The fourth-order valence-electron chi connectivity index (χ4n) is 3.16. The van der Waals surface area contributed by atoms with Crippen LogP contribution >= 0.6 is 11.8 Å². The highest BCUT2D eigenvalue weighted by atomic mass is 32.2. The van der Waals surface area contributed by atoms with Crippen molar-refractivity contribution in [1.82, 2.24) is 0 Å². The number of amides is 2. The fraction of sp³-hybridized carbons (Fsp3) is 0.304. The number of nitrogens with zero attached hydrogens (tertiary/aromatic N) is 1. The number of imide groups is 1. The first kappa shape index (κ1) is 21.0. The molecule has 0 aromatic heterocycles. The lowest BCUT2D eigenvalue weighted by Gasteiger charge is -2.20. The molecule has 0 saturated heterocycles. The minimum absolute atomic E-state index is 0.0879. The molecule has 2 aromatic carbocycles. The second-order valence-corrected chi connectivity index (χ2v) is 8.74. The largest absolute Gasteiger partial charge is 0.496 e. The molecule has 3 rings (SSSR count). The van der Waals surface area contributed by atoms with Crippen LogP contribution in [-0.4, -0.2) is 30.3 Å². The van der Waals surface area contributed by atoms with Gasteiger partial charge in [0.25, 0.3) is 11.8 Å². The molecule has 2 aromatic rings. The summed E-state index contributed by atoms with van der Waals surface area (Å²) in [4.78, 5) is 28.6. The van der Waals surface area contributed by atoms with Gasteiger partial charge in [0.1, 0.15) is 11.5 Å². The molecule has 0 atom stereocenters. The van der Waals surface area contributed by atoms with E-state index in [1.807, 2.05) is 45.9 Å². The number of thioether (sulfide) groups is 1. The summed E-state index contributed by atoms with van der Waals surface area (Å²) < 4.78 is 11.3. The molecule has 152 valence electrons. The monoisotopic (exact) mass is 411 g/mol. The van der Waals surface area contributed by atoms with Crippen molar-refractivity contribution < 1.29 is 19.1 Å². The van der Waals surface area contributed by atoms with Gasteiger partial charge in [0, 0.05) is 10.8 Å². The Morgan fingerprint density at radius 2 is 1.48 bits per heavy atom. The zero-order valence-corrected chi connectivity index (χ0v) is 18.1. The van der Waals surface area contributed by atoms with Crippen molar-refractivity contribution in [2.24, 2.45) is 0 Å². The zero-order chi connectivity index (χ0) is 21.1. The quantitative estimate of drug-likeness (QED) is 0.606. The summed E-state index contributed by atoms with van der Waals surface area (Å²) in [6.07, 6.45) is -0.0879. The Hall–Kier alpha value is -2.73.